The molecule has 2 unspecified atom stereocenters. The normalized spacial score (nSPS) is 20.1. The van der Waals surface area contributed by atoms with Gasteiger partial charge >= 0.3 is 29.2 Å². The van der Waals surface area contributed by atoms with Gasteiger partial charge in [-0.2, -0.15) is 13.6 Å². The highest BCUT2D eigenvalue weighted by molar-refractivity contribution is 7.66. The summed E-state index contributed by atoms with van der Waals surface area (Å²) < 4.78 is 63.4. The summed E-state index contributed by atoms with van der Waals surface area (Å²) in [7, 11) is -14.9. The third-order valence-corrected chi connectivity index (χ3v) is 18.0. The number of nitrogens with one attached hydrogen (secondary N) is 1. The minimum Gasteiger partial charge on any atom is -0.455 e. The molecule has 25 heteroatoms. The smallest absolute Gasteiger partial charge is 0.455 e. The molecule has 1 aromatic heterocycles. The molecule has 6 aliphatic rings. The van der Waals surface area contributed by atoms with Crippen LogP contribution in [0.1, 0.15) is 107 Å². The maximum Gasteiger partial charge on any atom is 0.490 e. The van der Waals surface area contributed by atoms with E-state index in [0.29, 0.717) is 18.5 Å². The molecular weight excluding hydrogens is 1020 g/mol. The zero-order valence-corrected chi connectivity index (χ0v) is 43.2. The molecule has 0 bridgehead atoms. The molecule has 1 saturated heterocycles. The van der Waals surface area contributed by atoms with Gasteiger partial charge in [0.25, 0.3) is 5.91 Å². The van der Waals surface area contributed by atoms with Crippen LogP contribution in [0.15, 0.2) is 47.4 Å². The maximum atomic E-state index is 14.6. The van der Waals surface area contributed by atoms with Crippen LogP contribution in [-0.4, -0.2) is 105 Å². The van der Waals surface area contributed by atoms with Crippen LogP contribution in [0.4, 0.5) is 11.5 Å². The van der Waals surface area contributed by atoms with Crippen LogP contribution in [0.5, 0.6) is 11.5 Å². The minimum absolute atomic E-state index is 0.0701. The zero-order valence-electron chi connectivity index (χ0n) is 40.6. The Labute approximate surface area is 425 Å². The van der Waals surface area contributed by atoms with Crippen molar-refractivity contribution in [1.82, 2.24) is 24.3 Å². The molecule has 74 heavy (non-hydrogen) atoms. The van der Waals surface area contributed by atoms with Gasteiger partial charge in [-0.15, -0.1) is 0 Å². The number of nitrogens with two attached hydrogens (primary N) is 1. The fraction of sp³-hybridized carbons (Fsp3) is 0.449. The number of anilines is 2. The van der Waals surface area contributed by atoms with Crippen molar-refractivity contribution in [2.75, 3.05) is 63.6 Å². The number of carbonyl (C=O) groups excluding carboxylic acids is 2. The predicted molar refractivity (Wildman–Crippen MR) is 269 cm³/mol. The molecule has 0 aliphatic carbocycles. The van der Waals surface area contributed by atoms with Crippen molar-refractivity contribution in [2.24, 2.45) is 0 Å². The Balaban J connectivity index is 0.793. The maximum absolute atomic E-state index is 14.6. The van der Waals surface area contributed by atoms with E-state index in [0.717, 1.165) is 116 Å². The highest BCUT2D eigenvalue weighted by Crippen LogP contribution is 2.66. The monoisotopic (exact) mass is 1080 g/mol. The van der Waals surface area contributed by atoms with Crippen LogP contribution >= 0.6 is 23.5 Å². The molecule has 7 N–H and O–H groups in total. The van der Waals surface area contributed by atoms with Gasteiger partial charge in [0.1, 0.15) is 36.6 Å². The van der Waals surface area contributed by atoms with Gasteiger partial charge in [0.2, 0.25) is 11.3 Å². The van der Waals surface area contributed by atoms with Crippen molar-refractivity contribution in [2.45, 2.75) is 89.4 Å². The first-order valence-corrected chi connectivity index (χ1v) is 29.2. The lowest BCUT2D eigenvalue weighted by molar-refractivity contribution is -0.121. The number of nitrogens with zero attached hydrogens (tertiary/aromatic N) is 5. The molecule has 10 rings (SSSR count). The van der Waals surface area contributed by atoms with Gasteiger partial charge < -0.3 is 49.9 Å². The molecule has 392 valence electrons. The number of aromatic nitrogens is 2. The number of nitrogen functional groups attached to an aromatic ring is 1. The molecular formula is C49H57N7O15P3+. The third-order valence-electron chi connectivity index (χ3n) is 14.2. The first-order valence-electron chi connectivity index (χ1n) is 24.7. The molecule has 1 fully saturated rings. The van der Waals surface area contributed by atoms with Crippen molar-refractivity contribution >= 4 is 52.4 Å². The number of phosphoric ester groups is 1. The number of hydrogen-bond acceptors (Lipinski definition) is 14. The van der Waals surface area contributed by atoms with Crippen LogP contribution in [-0.2, 0) is 62.1 Å². The van der Waals surface area contributed by atoms with E-state index in [9.17, 15) is 37.9 Å². The van der Waals surface area contributed by atoms with Crippen LogP contribution < -0.4 is 41.5 Å². The van der Waals surface area contributed by atoms with Gasteiger partial charge in [0, 0.05) is 90.9 Å². The molecule has 2 amide bonds. The Morgan fingerprint density at radius 3 is 2.47 bits per heavy atom. The Kier molecular flexibility index (Phi) is 14.7. The number of hydrogen-bond donors (Lipinski definition) is 6. The molecule has 0 spiro atoms. The summed E-state index contributed by atoms with van der Waals surface area (Å²) in [4.78, 5) is 85.0. The van der Waals surface area contributed by atoms with Crippen LogP contribution in [0.2, 0.25) is 0 Å². The lowest BCUT2D eigenvalue weighted by atomic mass is 9.81. The van der Waals surface area contributed by atoms with E-state index >= 15 is 0 Å². The van der Waals surface area contributed by atoms with E-state index in [2.05, 4.69) is 63.0 Å². The number of ether oxygens (including phenoxy) is 2. The van der Waals surface area contributed by atoms with Gasteiger partial charge in [-0.05, 0) is 87.1 Å². The predicted octanol–water partition coefficient (Wildman–Crippen LogP) is 3.30. The largest absolute Gasteiger partial charge is 0.490 e. The second-order valence-corrected chi connectivity index (χ2v) is 23.6. The number of amides is 2. The van der Waals surface area contributed by atoms with E-state index in [1.165, 1.54) is 39.5 Å². The van der Waals surface area contributed by atoms with Crippen LogP contribution in [0.25, 0.3) is 5.57 Å². The molecule has 4 aromatic rings. The van der Waals surface area contributed by atoms with Crippen molar-refractivity contribution in [3.05, 3.63) is 108 Å². The summed E-state index contributed by atoms with van der Waals surface area (Å²) in [6.45, 7) is 3.74. The van der Waals surface area contributed by atoms with Crippen molar-refractivity contribution in [3.8, 4) is 23.3 Å². The number of phosphoric acid groups is 3. The second kappa shape index (κ2) is 20.9. The standard InChI is InChI=1S/C49H56N7O15P3/c1-53(21-9-17-40(57)51-20-4-10-32-28-56(49(59)52-47(32)50)41-19-18-33(68-41)29-67-73(63,64)71-74(65,66)70-72(60,61)62)48(58)35-14-3-2-13-34(35)42-38-26-30-11-5-22-54-24-7-15-36(43(30)54)45(38)69-46-37-16-8-25-55-23-6-12-31(44(37)55)27-39(42)46/h2-3,13-14,26-28,33,41H,5-9,11-12,15-25,29H2,1H3,(H6-,50,51,52,57,59,60,61,62,63,64,65,66)/p+1/t33-,41+/m0/s1. The number of aryl methyl sites for hydroxylation is 2. The first kappa shape index (κ1) is 51.9. The fourth-order valence-corrected chi connectivity index (χ4v) is 14.2. The SMILES string of the molecule is CN(CCCC(=O)NCC#Cc1cn([C@H]2CC[C@@H](COP(=O)(O)OP(=O)(O)OP(=O)(O)O)O2)c(=O)nc1N)C(=O)c1ccccc1C1=c2cc3c4c(c2Oc2c1cc1c5c2CCCN5CCC1)CCC[N+]=4CCC3. The van der Waals surface area contributed by atoms with Crippen molar-refractivity contribution in [1.29, 1.82) is 0 Å². The summed E-state index contributed by atoms with van der Waals surface area (Å²) in [5.41, 5.74) is 15.4. The van der Waals surface area contributed by atoms with Gasteiger partial charge in [-0.25, -0.2) is 23.1 Å². The topological polar surface area (TPSA) is 295 Å². The molecule has 6 aliphatic heterocycles. The lowest BCUT2D eigenvalue weighted by Gasteiger charge is -2.39. The molecule has 22 nitrogen and oxygen atoms in total. The number of carbonyl (C=O) groups is 2. The molecule has 7 heterocycles. The summed E-state index contributed by atoms with van der Waals surface area (Å²) in [5, 5.41) is 5.13. The average molecular weight is 1080 g/mol. The van der Waals surface area contributed by atoms with Gasteiger partial charge in [-0.3, -0.25) is 18.7 Å². The summed E-state index contributed by atoms with van der Waals surface area (Å²) in [5.74, 6) is 6.83. The molecule has 4 atom stereocenters. The number of fused-ring (bicyclic) bond motifs is 4. The van der Waals surface area contributed by atoms with Gasteiger partial charge in [0.05, 0.1) is 30.4 Å². The fourth-order valence-electron chi connectivity index (χ4n) is 11.1. The second-order valence-electron chi connectivity index (χ2n) is 19.2. The summed E-state index contributed by atoms with van der Waals surface area (Å²) in [6.07, 6.45) is 8.45. The van der Waals surface area contributed by atoms with Crippen molar-refractivity contribution in [3.63, 3.8) is 0 Å². The molecule has 0 saturated carbocycles. The van der Waals surface area contributed by atoms with Crippen LogP contribution in [0.3, 0.4) is 0 Å². The van der Waals surface area contributed by atoms with E-state index in [1.54, 1.807) is 11.9 Å². The zero-order chi connectivity index (χ0) is 52.1. The Morgan fingerprint density at radius 1 is 0.932 bits per heavy atom. The lowest BCUT2D eigenvalue weighted by Crippen LogP contribution is -2.45. The van der Waals surface area contributed by atoms with E-state index in [1.807, 2.05) is 18.2 Å². The van der Waals surface area contributed by atoms with Crippen molar-refractivity contribution < 1.29 is 65.5 Å². The Hall–Kier alpha value is -5.52. The summed E-state index contributed by atoms with van der Waals surface area (Å²) >= 11 is 0. The van der Waals surface area contributed by atoms with E-state index < -0.39 is 48.1 Å². The average Bonchev–Trinajstić information content (AvgIpc) is 3.83. The van der Waals surface area contributed by atoms with Gasteiger partial charge in [0.15, 0.2) is 0 Å². The number of benzene rings is 3. The minimum atomic E-state index is -5.70. The molecule has 0 radical (unpaired) electrons. The summed E-state index contributed by atoms with van der Waals surface area (Å²) in [6, 6.07) is 12.5. The first-order chi connectivity index (χ1) is 35.3. The van der Waals surface area contributed by atoms with E-state index in [-0.39, 0.29) is 49.0 Å². The Morgan fingerprint density at radius 2 is 1.68 bits per heavy atom. The quantitative estimate of drug-likeness (QED) is 0.0498. The van der Waals surface area contributed by atoms with Crippen LogP contribution in [0, 0.1) is 11.8 Å². The highest BCUT2D eigenvalue weighted by atomic mass is 31.3. The number of rotatable bonds is 15. The van der Waals surface area contributed by atoms with E-state index in [4.69, 9.17) is 25.0 Å². The Bertz CT molecular complexity index is 3380. The third kappa shape index (κ3) is 10.9. The molecule has 3 aromatic carbocycles. The van der Waals surface area contributed by atoms with Gasteiger partial charge in [-0.1, -0.05) is 30.0 Å². The highest BCUT2D eigenvalue weighted by Gasteiger charge is 2.42.